The standard InChI is InChI=1S/C12H21NO3/c1-9(2)6-10(14)7-13-8-11(15)12-4-3-5-16-12/h3-5,9-11,13-15H,6-8H2,1-2H3. The average Bonchev–Trinajstić information content (AvgIpc) is 2.68. The van der Waals surface area contributed by atoms with E-state index in [2.05, 4.69) is 19.2 Å². The first-order chi connectivity index (χ1) is 7.59. The van der Waals surface area contributed by atoms with Crippen LogP contribution in [0.5, 0.6) is 0 Å². The van der Waals surface area contributed by atoms with Crippen LogP contribution >= 0.6 is 0 Å². The van der Waals surface area contributed by atoms with Gasteiger partial charge in [0.1, 0.15) is 11.9 Å². The van der Waals surface area contributed by atoms with E-state index in [9.17, 15) is 10.2 Å². The van der Waals surface area contributed by atoms with Crippen molar-refractivity contribution in [2.75, 3.05) is 13.1 Å². The van der Waals surface area contributed by atoms with E-state index in [1.165, 1.54) is 6.26 Å². The van der Waals surface area contributed by atoms with Gasteiger partial charge in [0.25, 0.3) is 0 Å². The van der Waals surface area contributed by atoms with Gasteiger partial charge in [0.15, 0.2) is 0 Å². The van der Waals surface area contributed by atoms with Crippen LogP contribution in [0.3, 0.4) is 0 Å². The van der Waals surface area contributed by atoms with E-state index >= 15 is 0 Å². The highest BCUT2D eigenvalue weighted by atomic mass is 16.4. The molecule has 16 heavy (non-hydrogen) atoms. The Morgan fingerprint density at radius 1 is 1.31 bits per heavy atom. The predicted molar refractivity (Wildman–Crippen MR) is 62.0 cm³/mol. The Kier molecular flexibility index (Phi) is 5.52. The second kappa shape index (κ2) is 6.68. The summed E-state index contributed by atoms with van der Waals surface area (Å²) in [5.41, 5.74) is 0. The molecule has 2 atom stereocenters. The van der Waals surface area contributed by atoms with E-state index < -0.39 is 6.10 Å². The topological polar surface area (TPSA) is 65.6 Å². The Bertz CT molecular complexity index is 272. The lowest BCUT2D eigenvalue weighted by molar-refractivity contribution is 0.122. The fourth-order valence-electron chi connectivity index (χ4n) is 1.60. The Hall–Kier alpha value is -0.840. The second-order valence-corrected chi connectivity index (χ2v) is 4.47. The van der Waals surface area contributed by atoms with Crippen molar-refractivity contribution in [1.29, 1.82) is 0 Å². The average molecular weight is 227 g/mol. The molecule has 0 amide bonds. The first-order valence-electron chi connectivity index (χ1n) is 5.70. The SMILES string of the molecule is CC(C)CC(O)CNCC(O)c1ccco1. The molecule has 0 aromatic carbocycles. The Morgan fingerprint density at radius 2 is 2.06 bits per heavy atom. The lowest BCUT2D eigenvalue weighted by Crippen LogP contribution is -2.31. The monoisotopic (exact) mass is 227 g/mol. The summed E-state index contributed by atoms with van der Waals surface area (Å²) in [5, 5.41) is 22.3. The number of aliphatic hydroxyl groups is 2. The molecule has 1 heterocycles. The van der Waals surface area contributed by atoms with Crippen LogP contribution in [-0.4, -0.2) is 29.4 Å². The van der Waals surface area contributed by atoms with Crippen LogP contribution in [0.15, 0.2) is 22.8 Å². The summed E-state index contributed by atoms with van der Waals surface area (Å²) in [5.74, 6) is 1.03. The molecule has 4 nitrogen and oxygen atoms in total. The van der Waals surface area contributed by atoms with Gasteiger partial charge in [-0.1, -0.05) is 13.8 Å². The molecular weight excluding hydrogens is 206 g/mol. The van der Waals surface area contributed by atoms with Crippen LogP contribution in [0.4, 0.5) is 0 Å². The fraction of sp³-hybridized carbons (Fsp3) is 0.667. The van der Waals surface area contributed by atoms with Gasteiger partial charge in [-0.2, -0.15) is 0 Å². The summed E-state index contributed by atoms with van der Waals surface area (Å²) >= 11 is 0. The molecule has 4 heteroatoms. The lowest BCUT2D eigenvalue weighted by atomic mass is 10.1. The van der Waals surface area contributed by atoms with Gasteiger partial charge in [-0.15, -0.1) is 0 Å². The smallest absolute Gasteiger partial charge is 0.133 e. The number of hydrogen-bond donors (Lipinski definition) is 3. The third kappa shape index (κ3) is 4.79. The van der Waals surface area contributed by atoms with Gasteiger partial charge in [-0.3, -0.25) is 0 Å². The fourth-order valence-corrected chi connectivity index (χ4v) is 1.60. The molecule has 0 saturated carbocycles. The maximum atomic E-state index is 9.67. The second-order valence-electron chi connectivity index (χ2n) is 4.47. The van der Waals surface area contributed by atoms with Crippen molar-refractivity contribution in [3.63, 3.8) is 0 Å². The van der Waals surface area contributed by atoms with E-state index in [1.807, 2.05) is 0 Å². The van der Waals surface area contributed by atoms with Crippen LogP contribution in [0.1, 0.15) is 32.1 Å². The number of hydrogen-bond acceptors (Lipinski definition) is 4. The summed E-state index contributed by atoms with van der Waals surface area (Å²) < 4.78 is 5.06. The molecule has 0 aliphatic carbocycles. The van der Waals surface area contributed by atoms with Crippen LogP contribution in [0.2, 0.25) is 0 Å². The van der Waals surface area contributed by atoms with Crippen molar-refractivity contribution in [3.8, 4) is 0 Å². The maximum Gasteiger partial charge on any atom is 0.133 e. The molecule has 1 rings (SSSR count). The van der Waals surface area contributed by atoms with Crippen LogP contribution in [0.25, 0.3) is 0 Å². The van der Waals surface area contributed by atoms with E-state index in [4.69, 9.17) is 4.42 Å². The van der Waals surface area contributed by atoms with Crippen molar-refractivity contribution in [2.24, 2.45) is 5.92 Å². The van der Waals surface area contributed by atoms with Crippen LogP contribution in [0, 0.1) is 5.92 Å². The zero-order valence-electron chi connectivity index (χ0n) is 9.89. The summed E-state index contributed by atoms with van der Waals surface area (Å²) in [4.78, 5) is 0. The molecule has 0 aliphatic heterocycles. The highest BCUT2D eigenvalue weighted by molar-refractivity contribution is 5.02. The number of rotatable bonds is 7. The summed E-state index contributed by atoms with van der Waals surface area (Å²) in [6, 6.07) is 3.48. The van der Waals surface area contributed by atoms with E-state index in [-0.39, 0.29) is 6.10 Å². The minimum atomic E-state index is -0.652. The molecule has 0 radical (unpaired) electrons. The molecule has 0 aliphatic rings. The minimum Gasteiger partial charge on any atom is -0.467 e. The van der Waals surface area contributed by atoms with Crippen LogP contribution in [-0.2, 0) is 0 Å². The van der Waals surface area contributed by atoms with Gasteiger partial charge >= 0.3 is 0 Å². The number of furan rings is 1. The molecular formula is C12H21NO3. The summed E-state index contributed by atoms with van der Waals surface area (Å²) in [6.07, 6.45) is 1.29. The predicted octanol–water partition coefficient (Wildman–Crippen LogP) is 1.31. The molecule has 1 aromatic heterocycles. The largest absolute Gasteiger partial charge is 0.467 e. The third-order valence-electron chi connectivity index (χ3n) is 2.33. The van der Waals surface area contributed by atoms with Crippen molar-refractivity contribution in [2.45, 2.75) is 32.5 Å². The van der Waals surface area contributed by atoms with Crippen LogP contribution < -0.4 is 5.32 Å². The van der Waals surface area contributed by atoms with Gasteiger partial charge in [0.2, 0.25) is 0 Å². The zero-order chi connectivity index (χ0) is 12.0. The van der Waals surface area contributed by atoms with Crippen molar-refractivity contribution in [3.05, 3.63) is 24.2 Å². The molecule has 3 N–H and O–H groups in total. The summed E-state index contributed by atoms with van der Waals surface area (Å²) in [7, 11) is 0. The van der Waals surface area contributed by atoms with E-state index in [0.717, 1.165) is 6.42 Å². The first kappa shape index (κ1) is 13.2. The van der Waals surface area contributed by atoms with E-state index in [1.54, 1.807) is 12.1 Å². The molecule has 0 spiro atoms. The van der Waals surface area contributed by atoms with Crippen molar-refractivity contribution in [1.82, 2.24) is 5.32 Å². The quantitative estimate of drug-likeness (QED) is 0.657. The zero-order valence-corrected chi connectivity index (χ0v) is 9.89. The maximum absolute atomic E-state index is 9.67. The van der Waals surface area contributed by atoms with Crippen molar-refractivity contribution >= 4 is 0 Å². The van der Waals surface area contributed by atoms with Gasteiger partial charge in [-0.05, 0) is 24.5 Å². The van der Waals surface area contributed by atoms with Gasteiger partial charge in [0.05, 0.1) is 12.4 Å². The molecule has 92 valence electrons. The molecule has 1 aromatic rings. The van der Waals surface area contributed by atoms with Crippen molar-refractivity contribution < 1.29 is 14.6 Å². The van der Waals surface area contributed by atoms with E-state index in [0.29, 0.717) is 24.8 Å². The highest BCUT2D eigenvalue weighted by Crippen LogP contribution is 2.11. The first-order valence-corrected chi connectivity index (χ1v) is 5.70. The van der Waals surface area contributed by atoms with Gasteiger partial charge in [-0.25, -0.2) is 0 Å². The highest BCUT2D eigenvalue weighted by Gasteiger charge is 2.11. The number of aliphatic hydroxyl groups excluding tert-OH is 2. The Labute approximate surface area is 96.3 Å². The minimum absolute atomic E-state index is 0.358. The normalized spacial score (nSPS) is 15.3. The Morgan fingerprint density at radius 3 is 2.62 bits per heavy atom. The van der Waals surface area contributed by atoms with Gasteiger partial charge < -0.3 is 19.9 Å². The lowest BCUT2D eigenvalue weighted by Gasteiger charge is -2.15. The third-order valence-corrected chi connectivity index (χ3v) is 2.33. The molecule has 0 saturated heterocycles. The van der Waals surface area contributed by atoms with Gasteiger partial charge in [0, 0.05) is 13.1 Å². The number of nitrogens with one attached hydrogen (secondary N) is 1. The Balaban J connectivity index is 2.15. The molecule has 0 bridgehead atoms. The molecule has 0 fully saturated rings. The summed E-state index contributed by atoms with van der Waals surface area (Å²) in [6.45, 7) is 5.03. The molecule has 2 unspecified atom stereocenters.